The molecule has 14 rings (SSSR count). The fourth-order valence-electron chi connectivity index (χ4n) is 10.6. The summed E-state index contributed by atoms with van der Waals surface area (Å²) in [7, 11) is 0. The van der Waals surface area contributed by atoms with Gasteiger partial charge in [0.05, 0.1) is 27.9 Å². The van der Waals surface area contributed by atoms with Gasteiger partial charge in [-0.3, -0.25) is 9.47 Å². The molecule has 0 atom stereocenters. The number of anilines is 2. The predicted molar refractivity (Wildman–Crippen MR) is 297 cm³/mol. The first-order valence-corrected chi connectivity index (χ1v) is 25.3. The maximum absolute atomic E-state index is 5.58. The maximum Gasteiger partial charge on any atom is 0.234 e. The van der Waals surface area contributed by atoms with Gasteiger partial charge in [0.2, 0.25) is 5.95 Å². The van der Waals surface area contributed by atoms with Crippen molar-refractivity contribution in [2.24, 2.45) is 0 Å². The first-order valence-electron chi connectivity index (χ1n) is 23.7. The van der Waals surface area contributed by atoms with E-state index in [1.807, 2.05) is 35.9 Å². The Balaban J connectivity index is 1.11. The fraction of sp³-hybridized carbons (Fsp3) is 0.0159. The predicted octanol–water partition coefficient (Wildman–Crippen LogP) is 14.7. The number of para-hydroxylation sites is 2. The van der Waals surface area contributed by atoms with Gasteiger partial charge in [0, 0.05) is 80.9 Å². The molecule has 6 heterocycles. The van der Waals surface area contributed by atoms with Crippen LogP contribution < -0.4 is 15.5 Å². The summed E-state index contributed by atoms with van der Waals surface area (Å²) in [5.41, 5.74) is 11.2. The van der Waals surface area contributed by atoms with Gasteiger partial charge in [-0.1, -0.05) is 170 Å². The molecule has 1 aliphatic rings. The van der Waals surface area contributed by atoms with Crippen molar-refractivity contribution in [2.45, 2.75) is 6.42 Å². The number of fused-ring (bicyclic) bond motifs is 8. The lowest BCUT2D eigenvalue weighted by atomic mass is 9.91. The molecule has 0 spiro atoms. The number of allylic oxidation sites excluding steroid dienone is 1. The van der Waals surface area contributed by atoms with Crippen LogP contribution in [0.1, 0.15) is 16.7 Å². The quantitative estimate of drug-likeness (QED) is 0.159. The van der Waals surface area contributed by atoms with Crippen molar-refractivity contribution >= 4 is 102 Å². The highest BCUT2D eigenvalue weighted by atomic mass is 32.1. The third-order valence-electron chi connectivity index (χ3n) is 13.8. The molecule has 0 saturated heterocycles. The molecule has 6 nitrogen and oxygen atoms in total. The molecule has 0 radical (unpaired) electrons. The van der Waals surface area contributed by atoms with E-state index in [4.69, 9.17) is 26.5 Å². The number of aromatic nitrogens is 5. The second-order valence-electron chi connectivity index (χ2n) is 17.8. The molecule has 13 aromatic rings. The van der Waals surface area contributed by atoms with Crippen molar-refractivity contribution in [2.75, 3.05) is 4.90 Å². The monoisotopic (exact) mass is 944 g/mol. The number of hydrogen-bond acceptors (Lipinski definition) is 7. The summed E-state index contributed by atoms with van der Waals surface area (Å²) >= 11 is 3.59. The molecule has 0 unspecified atom stereocenters. The normalized spacial score (nSPS) is 13.7. The van der Waals surface area contributed by atoms with Gasteiger partial charge in [0.15, 0.2) is 5.82 Å². The summed E-state index contributed by atoms with van der Waals surface area (Å²) in [6.45, 7) is 4.92. The molecule has 8 aromatic carbocycles. The summed E-state index contributed by atoms with van der Waals surface area (Å²) in [4.78, 5) is 23.6. The smallest absolute Gasteiger partial charge is 0.234 e. The van der Waals surface area contributed by atoms with Crippen LogP contribution in [0.15, 0.2) is 225 Å². The second-order valence-corrected chi connectivity index (χ2v) is 19.9. The van der Waals surface area contributed by atoms with Crippen LogP contribution in [0.4, 0.5) is 11.6 Å². The second kappa shape index (κ2) is 16.7. The molecule has 0 N–H and O–H groups in total. The maximum atomic E-state index is 5.58. The molecule has 71 heavy (non-hydrogen) atoms. The Morgan fingerprint density at radius 2 is 1.08 bits per heavy atom. The topological polar surface area (TPSA) is 59.7 Å². The zero-order valence-electron chi connectivity index (χ0n) is 38.2. The molecule has 334 valence electrons. The lowest BCUT2D eigenvalue weighted by Gasteiger charge is -2.21. The van der Waals surface area contributed by atoms with E-state index in [0.29, 0.717) is 18.2 Å². The number of rotatable bonds is 7. The van der Waals surface area contributed by atoms with Crippen LogP contribution in [0.25, 0.3) is 96.6 Å². The number of hydrogen-bond donors (Lipinski definition) is 0. The van der Waals surface area contributed by atoms with E-state index in [-0.39, 0.29) is 0 Å². The van der Waals surface area contributed by atoms with Crippen molar-refractivity contribution in [1.82, 2.24) is 24.5 Å². The van der Waals surface area contributed by atoms with Crippen molar-refractivity contribution < 1.29 is 0 Å². The third-order valence-corrected chi connectivity index (χ3v) is 16.2. The van der Waals surface area contributed by atoms with Crippen LogP contribution in [0.3, 0.4) is 0 Å². The summed E-state index contributed by atoms with van der Waals surface area (Å²) in [5, 5.41) is 8.01. The first-order chi connectivity index (χ1) is 35.2. The van der Waals surface area contributed by atoms with Crippen LogP contribution in [0.5, 0.6) is 0 Å². The Labute approximate surface area is 416 Å². The van der Waals surface area contributed by atoms with E-state index in [0.717, 1.165) is 82.5 Å². The first kappa shape index (κ1) is 41.2. The Bertz CT molecular complexity index is 4420. The minimum absolute atomic E-state index is 0.589. The van der Waals surface area contributed by atoms with Crippen molar-refractivity contribution in [3.05, 3.63) is 252 Å². The summed E-state index contributed by atoms with van der Waals surface area (Å²) in [6, 6.07) is 72.9. The molecular formula is C63H40N6S2. The van der Waals surface area contributed by atoms with E-state index in [2.05, 4.69) is 204 Å². The van der Waals surface area contributed by atoms with Gasteiger partial charge < -0.3 is 0 Å². The van der Waals surface area contributed by atoms with E-state index >= 15 is 0 Å². The van der Waals surface area contributed by atoms with Crippen LogP contribution in [-0.2, 0) is 6.42 Å². The number of benzene rings is 8. The van der Waals surface area contributed by atoms with Gasteiger partial charge in [-0.05, 0) is 70.3 Å². The standard InChI is InChI=1S/C63H40N6S2/c1-39(40-18-4-2-5-19-40)57(41-20-6-3-7-21-41)58-48-25-9-13-31-52(48)69(56-35-37-64-62(67-56)49-29-17-27-46-44-24-11-15-33-55(44)71-61(46)49)59(58)53-38-42-22-8-12-30-51(42)68(53)63-65-36-34-50(66-63)47-28-16-26-45-43-23-10-14-32-54(43)70-60(45)47/h2-37H,1,38H2/b58-57+,59-53-. The highest BCUT2D eigenvalue weighted by Gasteiger charge is 2.32. The SMILES string of the molecule is C=C(/C(c1ccccc1)=c1\c(=C2/Cc3ccccc3N2c2nccc(-c3cccc4c3sc3ccccc34)n2)n(-c2ccnc(-c3cccc4c3sc3ccccc34)n2)c2ccccc12)c1ccccc1. The summed E-state index contributed by atoms with van der Waals surface area (Å²) in [5.74, 6) is 2.00. The average Bonchev–Trinajstić information content (AvgIpc) is 4.21. The van der Waals surface area contributed by atoms with Crippen LogP contribution >= 0.6 is 22.7 Å². The fourth-order valence-corrected chi connectivity index (χ4v) is 13.1. The molecule has 8 heteroatoms. The van der Waals surface area contributed by atoms with Crippen molar-refractivity contribution in [1.29, 1.82) is 0 Å². The van der Waals surface area contributed by atoms with Gasteiger partial charge in [-0.2, -0.15) is 0 Å². The lowest BCUT2D eigenvalue weighted by Crippen LogP contribution is -2.37. The molecule has 0 saturated carbocycles. The van der Waals surface area contributed by atoms with E-state index in [1.54, 1.807) is 11.3 Å². The molecule has 0 fully saturated rings. The molecule has 0 aliphatic carbocycles. The van der Waals surface area contributed by atoms with Crippen LogP contribution in [0.2, 0.25) is 0 Å². The van der Waals surface area contributed by atoms with E-state index in [1.165, 1.54) is 41.2 Å². The largest absolute Gasteiger partial charge is 0.292 e. The molecule has 0 amide bonds. The van der Waals surface area contributed by atoms with Gasteiger partial charge in [-0.15, -0.1) is 22.7 Å². The van der Waals surface area contributed by atoms with Gasteiger partial charge in [0.25, 0.3) is 0 Å². The molecular weight excluding hydrogens is 905 g/mol. The highest BCUT2D eigenvalue weighted by Crippen LogP contribution is 2.43. The summed E-state index contributed by atoms with van der Waals surface area (Å²) < 4.78 is 7.21. The van der Waals surface area contributed by atoms with Gasteiger partial charge in [-0.25, -0.2) is 19.9 Å². The van der Waals surface area contributed by atoms with E-state index < -0.39 is 0 Å². The average molecular weight is 945 g/mol. The van der Waals surface area contributed by atoms with Gasteiger partial charge in [0.1, 0.15) is 5.82 Å². The minimum atomic E-state index is 0.589. The molecule has 0 bridgehead atoms. The molecule has 1 aliphatic heterocycles. The Hall–Kier alpha value is -8.82. The zero-order valence-corrected chi connectivity index (χ0v) is 39.8. The zero-order chi connectivity index (χ0) is 47.0. The van der Waals surface area contributed by atoms with Crippen LogP contribution in [-0.4, -0.2) is 24.5 Å². The molecule has 5 aromatic heterocycles. The summed E-state index contributed by atoms with van der Waals surface area (Å²) in [6.07, 6.45) is 4.42. The third kappa shape index (κ3) is 6.67. The minimum Gasteiger partial charge on any atom is -0.292 e. The van der Waals surface area contributed by atoms with Crippen molar-refractivity contribution in [3.63, 3.8) is 0 Å². The Morgan fingerprint density at radius 1 is 0.493 bits per heavy atom. The Morgan fingerprint density at radius 3 is 1.83 bits per heavy atom. The van der Waals surface area contributed by atoms with E-state index in [9.17, 15) is 0 Å². The van der Waals surface area contributed by atoms with Crippen LogP contribution in [0, 0.1) is 0 Å². The lowest BCUT2D eigenvalue weighted by molar-refractivity contribution is 0.966. The number of thiophene rings is 2. The highest BCUT2D eigenvalue weighted by molar-refractivity contribution is 7.26. The Kier molecular flexibility index (Phi) is 9.69. The number of nitrogens with zero attached hydrogens (tertiary/aromatic N) is 6. The van der Waals surface area contributed by atoms with Crippen molar-refractivity contribution in [3.8, 4) is 28.5 Å². The van der Waals surface area contributed by atoms with Gasteiger partial charge >= 0.3 is 0 Å².